The number of aliphatic hydroxyl groups is 2. The van der Waals surface area contributed by atoms with Crippen LogP contribution in [-0.4, -0.2) is 47.4 Å². The maximum absolute atomic E-state index is 12.6. The third-order valence-electron chi connectivity index (χ3n) is 16.6. The Morgan fingerprint density at radius 1 is 0.350 bits per heavy atom. The number of ether oxygens (including phenoxy) is 1. The monoisotopic (exact) mass is 1120 g/mol. The first-order chi connectivity index (χ1) is 39.5. The molecule has 0 radical (unpaired) electrons. The molecule has 0 spiro atoms. The van der Waals surface area contributed by atoms with Crippen LogP contribution in [0, 0.1) is 0 Å². The number of carbonyl (C=O) groups is 2. The molecule has 0 rings (SSSR count). The molecule has 1 amide bonds. The van der Waals surface area contributed by atoms with Crippen LogP contribution in [0.2, 0.25) is 0 Å². The van der Waals surface area contributed by atoms with Gasteiger partial charge in [-0.05, 0) is 89.9 Å². The molecule has 0 aromatic heterocycles. The Balaban J connectivity index is 3.44. The second-order valence-corrected chi connectivity index (χ2v) is 24.6. The molecule has 0 heterocycles. The number of hydrogen-bond donors (Lipinski definition) is 3. The molecule has 3 N–H and O–H groups in total. The van der Waals surface area contributed by atoms with Crippen molar-refractivity contribution in [2.24, 2.45) is 0 Å². The van der Waals surface area contributed by atoms with Crippen molar-refractivity contribution < 1.29 is 24.5 Å². The SMILES string of the molecule is CCCCC/C=C\C/C=C\CCCCCCCC(=O)OCCCCCCCCCCC/C=C\C/C=C\CCCCCCCCCCCC(=O)NC(CO)C(O)CCCCCCCCCCCCCCCCCCCCCCCCC. The zero-order valence-corrected chi connectivity index (χ0v) is 53.8. The molecule has 2 atom stereocenters. The number of hydrogen-bond acceptors (Lipinski definition) is 5. The fourth-order valence-corrected chi connectivity index (χ4v) is 11.1. The Morgan fingerprint density at radius 3 is 0.975 bits per heavy atom. The number of aliphatic hydroxyl groups excluding tert-OH is 2. The molecule has 80 heavy (non-hydrogen) atoms. The van der Waals surface area contributed by atoms with Gasteiger partial charge < -0.3 is 20.3 Å². The van der Waals surface area contributed by atoms with Gasteiger partial charge in [-0.15, -0.1) is 0 Å². The summed E-state index contributed by atoms with van der Waals surface area (Å²) in [6.07, 6.45) is 90.1. The van der Waals surface area contributed by atoms with Gasteiger partial charge in [0.05, 0.1) is 25.4 Å². The van der Waals surface area contributed by atoms with Crippen molar-refractivity contribution in [1.29, 1.82) is 0 Å². The van der Waals surface area contributed by atoms with E-state index >= 15 is 0 Å². The molecule has 0 aliphatic rings. The van der Waals surface area contributed by atoms with Crippen LogP contribution in [0.1, 0.15) is 386 Å². The molecule has 0 aliphatic heterocycles. The summed E-state index contributed by atoms with van der Waals surface area (Å²) in [7, 11) is 0. The van der Waals surface area contributed by atoms with Gasteiger partial charge in [-0.3, -0.25) is 9.59 Å². The topological polar surface area (TPSA) is 95.9 Å². The van der Waals surface area contributed by atoms with Gasteiger partial charge in [0.2, 0.25) is 5.91 Å². The number of esters is 1. The molecule has 0 saturated heterocycles. The second-order valence-electron chi connectivity index (χ2n) is 24.6. The Kier molecular flexibility index (Phi) is 67.4. The summed E-state index contributed by atoms with van der Waals surface area (Å²) < 4.78 is 5.48. The molecule has 0 saturated carbocycles. The van der Waals surface area contributed by atoms with Crippen LogP contribution in [0.15, 0.2) is 48.6 Å². The van der Waals surface area contributed by atoms with Gasteiger partial charge in [0.1, 0.15) is 0 Å². The van der Waals surface area contributed by atoms with E-state index in [1.54, 1.807) is 0 Å². The van der Waals surface area contributed by atoms with E-state index in [9.17, 15) is 19.8 Å². The zero-order chi connectivity index (χ0) is 57.8. The summed E-state index contributed by atoms with van der Waals surface area (Å²) >= 11 is 0. The van der Waals surface area contributed by atoms with E-state index in [2.05, 4.69) is 67.8 Å². The van der Waals surface area contributed by atoms with Crippen molar-refractivity contribution in [3.8, 4) is 0 Å². The lowest BCUT2D eigenvalue weighted by Gasteiger charge is -2.22. The van der Waals surface area contributed by atoms with Crippen molar-refractivity contribution in [3.05, 3.63) is 48.6 Å². The van der Waals surface area contributed by atoms with Gasteiger partial charge in [-0.2, -0.15) is 0 Å². The molecular weight excluding hydrogens is 983 g/mol. The molecule has 6 nitrogen and oxygen atoms in total. The number of amides is 1. The van der Waals surface area contributed by atoms with Gasteiger partial charge in [0.25, 0.3) is 0 Å². The Labute approximate surface area is 499 Å². The van der Waals surface area contributed by atoms with Crippen LogP contribution >= 0.6 is 0 Å². The number of unbranched alkanes of at least 4 members (excludes halogenated alkanes) is 48. The highest BCUT2D eigenvalue weighted by Crippen LogP contribution is 2.18. The lowest BCUT2D eigenvalue weighted by Crippen LogP contribution is -2.45. The van der Waals surface area contributed by atoms with Crippen LogP contribution < -0.4 is 5.32 Å². The van der Waals surface area contributed by atoms with Crippen LogP contribution in [0.3, 0.4) is 0 Å². The molecular formula is C74H139NO5. The van der Waals surface area contributed by atoms with Crippen LogP contribution in [0.5, 0.6) is 0 Å². The average Bonchev–Trinajstić information content (AvgIpc) is 3.46. The summed E-state index contributed by atoms with van der Waals surface area (Å²) in [6.45, 7) is 4.94. The lowest BCUT2D eigenvalue weighted by atomic mass is 10.0. The molecule has 0 aromatic carbocycles. The van der Waals surface area contributed by atoms with E-state index < -0.39 is 12.1 Å². The normalized spacial score (nSPS) is 12.8. The van der Waals surface area contributed by atoms with Crippen LogP contribution in [-0.2, 0) is 14.3 Å². The van der Waals surface area contributed by atoms with Crippen molar-refractivity contribution >= 4 is 11.9 Å². The third kappa shape index (κ3) is 65.0. The summed E-state index contributed by atoms with van der Waals surface area (Å²) in [5.41, 5.74) is 0. The van der Waals surface area contributed by atoms with Crippen LogP contribution in [0.4, 0.5) is 0 Å². The highest BCUT2D eigenvalue weighted by atomic mass is 16.5. The van der Waals surface area contributed by atoms with Gasteiger partial charge >= 0.3 is 5.97 Å². The zero-order valence-electron chi connectivity index (χ0n) is 53.8. The predicted octanol–water partition coefficient (Wildman–Crippen LogP) is 23.3. The van der Waals surface area contributed by atoms with E-state index in [0.29, 0.717) is 25.9 Å². The van der Waals surface area contributed by atoms with Gasteiger partial charge in [-0.25, -0.2) is 0 Å². The molecule has 470 valence electrons. The standard InChI is InChI=1S/C74H139NO5/c1-3-5-7-9-11-13-15-17-19-20-21-22-26-29-32-35-39-42-46-50-54-58-62-66-72(77)71(70-76)75-73(78)67-63-59-55-51-47-43-40-36-33-30-27-24-23-25-28-31-34-37-41-45-49-53-57-61-65-69-80-74(79)68-64-60-56-52-48-44-38-18-16-14-12-10-8-6-4-2/h12,14,18,24-25,27-28,38,71-72,76-77H,3-11,13,15-17,19-23,26,29-37,39-70H2,1-2H3,(H,75,78)/b14-12-,27-24-,28-25-,38-18-. The summed E-state index contributed by atoms with van der Waals surface area (Å²) in [4.78, 5) is 24.6. The molecule has 2 unspecified atom stereocenters. The highest BCUT2D eigenvalue weighted by molar-refractivity contribution is 5.76. The lowest BCUT2D eigenvalue weighted by molar-refractivity contribution is -0.143. The molecule has 0 aromatic rings. The molecule has 0 fully saturated rings. The number of carbonyl (C=O) groups excluding carboxylic acids is 2. The summed E-state index contributed by atoms with van der Waals surface area (Å²) in [5, 5.41) is 23.4. The minimum atomic E-state index is -0.671. The predicted molar refractivity (Wildman–Crippen MR) is 352 cm³/mol. The summed E-state index contributed by atoms with van der Waals surface area (Å²) in [6, 6.07) is -0.549. The quantitative estimate of drug-likeness (QED) is 0.0320. The first-order valence-electron chi connectivity index (χ1n) is 35.9. The maximum Gasteiger partial charge on any atom is 0.305 e. The first-order valence-corrected chi connectivity index (χ1v) is 35.9. The van der Waals surface area contributed by atoms with Crippen molar-refractivity contribution in [2.45, 2.75) is 398 Å². The van der Waals surface area contributed by atoms with Crippen molar-refractivity contribution in [3.63, 3.8) is 0 Å². The minimum Gasteiger partial charge on any atom is -0.466 e. The Hall–Kier alpha value is -2.18. The fraction of sp³-hybridized carbons (Fsp3) is 0.865. The maximum atomic E-state index is 12.6. The first kappa shape index (κ1) is 77.8. The number of allylic oxidation sites excluding steroid dienone is 8. The molecule has 0 aliphatic carbocycles. The fourth-order valence-electron chi connectivity index (χ4n) is 11.1. The highest BCUT2D eigenvalue weighted by Gasteiger charge is 2.20. The summed E-state index contributed by atoms with van der Waals surface area (Å²) in [5.74, 6) is -0.0422. The van der Waals surface area contributed by atoms with E-state index in [1.807, 2.05) is 0 Å². The average molecular weight is 1120 g/mol. The van der Waals surface area contributed by atoms with Crippen molar-refractivity contribution in [2.75, 3.05) is 13.2 Å². The largest absolute Gasteiger partial charge is 0.466 e. The van der Waals surface area contributed by atoms with Crippen LogP contribution in [0.25, 0.3) is 0 Å². The van der Waals surface area contributed by atoms with E-state index in [0.717, 1.165) is 57.8 Å². The number of rotatable bonds is 67. The minimum absolute atomic E-state index is 0.00469. The van der Waals surface area contributed by atoms with Crippen molar-refractivity contribution in [1.82, 2.24) is 5.32 Å². The van der Waals surface area contributed by atoms with Gasteiger partial charge in [0, 0.05) is 12.8 Å². The van der Waals surface area contributed by atoms with E-state index in [-0.39, 0.29) is 18.5 Å². The molecule has 6 heteroatoms. The van der Waals surface area contributed by atoms with Gasteiger partial charge in [-0.1, -0.05) is 332 Å². The molecule has 0 bridgehead atoms. The van der Waals surface area contributed by atoms with E-state index in [4.69, 9.17) is 4.74 Å². The van der Waals surface area contributed by atoms with E-state index in [1.165, 1.54) is 295 Å². The smallest absolute Gasteiger partial charge is 0.305 e. The van der Waals surface area contributed by atoms with Gasteiger partial charge in [0.15, 0.2) is 0 Å². The number of nitrogens with one attached hydrogen (secondary N) is 1. The second kappa shape index (κ2) is 69.3. The Morgan fingerprint density at radius 2 is 0.625 bits per heavy atom. The third-order valence-corrected chi connectivity index (χ3v) is 16.6. The Bertz CT molecular complexity index is 1340.